The van der Waals surface area contributed by atoms with Crippen molar-refractivity contribution < 1.29 is 0 Å². The predicted molar refractivity (Wildman–Crippen MR) is 140 cm³/mol. The molecule has 0 aliphatic heterocycles. The molecule has 0 spiro atoms. The highest BCUT2D eigenvalue weighted by Gasteiger charge is 2.15. The van der Waals surface area contributed by atoms with E-state index in [1.54, 1.807) is 24.3 Å². The van der Waals surface area contributed by atoms with Gasteiger partial charge in [-0.25, -0.2) is 20.8 Å². The van der Waals surface area contributed by atoms with Crippen molar-refractivity contribution in [1.82, 2.24) is 9.97 Å². The number of nitrogens with two attached hydrogens (primary N) is 1. The summed E-state index contributed by atoms with van der Waals surface area (Å²) in [7, 11) is 0. The molecule has 176 valence electrons. The zero-order chi connectivity index (χ0) is 25.1. The summed E-state index contributed by atoms with van der Waals surface area (Å²) in [6.45, 7) is 18.7. The van der Waals surface area contributed by atoms with E-state index in [2.05, 4.69) is 64.7 Å². The number of nitrogens with zero attached hydrogens (tertiary/aromatic N) is 4. The van der Waals surface area contributed by atoms with Gasteiger partial charge in [0.25, 0.3) is 0 Å². The largest absolute Gasteiger partial charge is 0.246 e. The monoisotopic (exact) mass is 445 g/mol. The van der Waals surface area contributed by atoms with Gasteiger partial charge in [-0.2, -0.15) is 5.26 Å². The SMILES string of the molecule is CC.CCC.Cc1cc(C)c(Cc2nc(N(N)c3ccc(C#N)cc3)nc(C)c2C)c(C)c1. The number of nitriles is 1. The third-order valence-electron chi connectivity index (χ3n) is 5.15. The van der Waals surface area contributed by atoms with E-state index in [-0.39, 0.29) is 0 Å². The summed E-state index contributed by atoms with van der Waals surface area (Å²) >= 11 is 0. The number of hydrazine groups is 1. The van der Waals surface area contributed by atoms with Crippen molar-refractivity contribution >= 4 is 11.6 Å². The van der Waals surface area contributed by atoms with Crippen molar-refractivity contribution in [2.75, 3.05) is 5.01 Å². The Morgan fingerprint density at radius 2 is 1.42 bits per heavy atom. The standard InChI is InChI=1S/C23H25N5.C3H8.C2H6/c1-14-10-15(2)21(16(3)11-14)12-22-17(4)18(5)26-23(27-22)28(25)20-8-6-19(13-24)7-9-20;1-3-2;1-2/h6-11H,12,25H2,1-5H3;3H2,1-2H3;1-2H3. The minimum absolute atomic E-state index is 0.449. The Balaban J connectivity index is 0.00000101. The molecular formula is C28H39N5. The van der Waals surface area contributed by atoms with E-state index < -0.39 is 0 Å². The summed E-state index contributed by atoms with van der Waals surface area (Å²) in [5.41, 5.74) is 9.38. The molecular weight excluding hydrogens is 406 g/mol. The fourth-order valence-corrected chi connectivity index (χ4v) is 3.42. The van der Waals surface area contributed by atoms with Gasteiger partial charge in [0.2, 0.25) is 5.95 Å². The lowest BCUT2D eigenvalue weighted by Crippen LogP contribution is -2.28. The molecule has 0 aliphatic carbocycles. The predicted octanol–water partition coefficient (Wildman–Crippen LogP) is 6.94. The zero-order valence-corrected chi connectivity index (χ0v) is 21.7. The molecule has 2 N–H and O–H groups in total. The number of aromatic nitrogens is 2. The first-order chi connectivity index (χ1) is 15.7. The summed E-state index contributed by atoms with van der Waals surface area (Å²) in [4.78, 5) is 9.35. The molecule has 0 aliphatic rings. The van der Waals surface area contributed by atoms with Crippen molar-refractivity contribution in [3.8, 4) is 6.07 Å². The van der Waals surface area contributed by atoms with Crippen LogP contribution in [0.2, 0.25) is 0 Å². The van der Waals surface area contributed by atoms with Gasteiger partial charge in [-0.05, 0) is 81.1 Å². The maximum Gasteiger partial charge on any atom is 0.245 e. The van der Waals surface area contributed by atoms with Gasteiger partial charge in [0.1, 0.15) is 0 Å². The van der Waals surface area contributed by atoms with E-state index in [9.17, 15) is 0 Å². The van der Waals surface area contributed by atoms with Gasteiger partial charge in [0.15, 0.2) is 0 Å². The first-order valence-electron chi connectivity index (χ1n) is 11.7. The molecule has 0 saturated carbocycles. The molecule has 0 radical (unpaired) electrons. The van der Waals surface area contributed by atoms with E-state index in [0.717, 1.165) is 29.1 Å². The van der Waals surface area contributed by atoms with Crippen molar-refractivity contribution in [2.24, 2.45) is 5.84 Å². The number of aryl methyl sites for hydroxylation is 4. The molecule has 1 heterocycles. The Morgan fingerprint density at radius 3 is 1.91 bits per heavy atom. The van der Waals surface area contributed by atoms with Gasteiger partial charge in [-0.3, -0.25) is 0 Å². The molecule has 0 bridgehead atoms. The van der Waals surface area contributed by atoms with Crippen LogP contribution in [0.15, 0.2) is 36.4 Å². The number of hydrogen-bond donors (Lipinski definition) is 1. The van der Waals surface area contributed by atoms with Gasteiger partial charge >= 0.3 is 0 Å². The number of benzene rings is 2. The van der Waals surface area contributed by atoms with Gasteiger partial charge in [0.05, 0.1) is 23.0 Å². The summed E-state index contributed by atoms with van der Waals surface area (Å²) in [5.74, 6) is 6.74. The van der Waals surface area contributed by atoms with Crippen LogP contribution in [0.3, 0.4) is 0 Å². The molecule has 0 saturated heterocycles. The molecule has 5 heteroatoms. The summed E-state index contributed by atoms with van der Waals surface area (Å²) < 4.78 is 0. The second-order valence-corrected chi connectivity index (χ2v) is 7.97. The normalized spacial score (nSPS) is 9.73. The van der Waals surface area contributed by atoms with Gasteiger partial charge in [0, 0.05) is 12.1 Å². The minimum Gasteiger partial charge on any atom is -0.246 e. The van der Waals surface area contributed by atoms with Crippen LogP contribution in [-0.4, -0.2) is 9.97 Å². The highest BCUT2D eigenvalue weighted by Crippen LogP contribution is 2.25. The van der Waals surface area contributed by atoms with Crippen LogP contribution >= 0.6 is 0 Å². The zero-order valence-electron chi connectivity index (χ0n) is 21.7. The lowest BCUT2D eigenvalue weighted by molar-refractivity contribution is 0.900. The molecule has 3 rings (SSSR count). The summed E-state index contributed by atoms with van der Waals surface area (Å²) in [5, 5.41) is 10.4. The highest BCUT2D eigenvalue weighted by atomic mass is 15.5. The van der Waals surface area contributed by atoms with E-state index in [1.807, 2.05) is 20.8 Å². The maximum absolute atomic E-state index is 8.97. The molecule has 5 nitrogen and oxygen atoms in total. The van der Waals surface area contributed by atoms with Crippen LogP contribution in [-0.2, 0) is 6.42 Å². The van der Waals surface area contributed by atoms with Gasteiger partial charge < -0.3 is 0 Å². The van der Waals surface area contributed by atoms with Crippen LogP contribution in [0.1, 0.15) is 78.9 Å². The fourth-order valence-electron chi connectivity index (χ4n) is 3.42. The van der Waals surface area contributed by atoms with Crippen LogP contribution in [0.25, 0.3) is 0 Å². The molecule has 3 aromatic rings. The van der Waals surface area contributed by atoms with E-state index in [0.29, 0.717) is 11.5 Å². The molecule has 0 unspecified atom stereocenters. The van der Waals surface area contributed by atoms with Crippen LogP contribution in [0.4, 0.5) is 11.6 Å². The third kappa shape index (κ3) is 7.40. The average Bonchev–Trinajstić information content (AvgIpc) is 2.80. The minimum atomic E-state index is 0.449. The number of anilines is 2. The number of rotatable bonds is 4. The van der Waals surface area contributed by atoms with Crippen molar-refractivity contribution in [3.63, 3.8) is 0 Å². The van der Waals surface area contributed by atoms with E-state index in [4.69, 9.17) is 16.1 Å². The summed E-state index contributed by atoms with van der Waals surface area (Å²) in [6.07, 6.45) is 1.99. The first kappa shape index (κ1) is 27.8. The van der Waals surface area contributed by atoms with Crippen molar-refractivity contribution in [2.45, 2.75) is 75.2 Å². The molecule has 33 heavy (non-hydrogen) atoms. The maximum atomic E-state index is 8.97. The Kier molecular flexibility index (Phi) is 11.2. The Labute approximate surface area is 200 Å². The molecule has 0 atom stereocenters. The van der Waals surface area contributed by atoms with Crippen LogP contribution in [0, 0.1) is 45.9 Å². The fraction of sp³-hybridized carbons (Fsp3) is 0.393. The molecule has 2 aromatic carbocycles. The molecule has 0 amide bonds. The Bertz CT molecular complexity index is 1060. The molecule has 1 aromatic heterocycles. The first-order valence-corrected chi connectivity index (χ1v) is 11.7. The van der Waals surface area contributed by atoms with Crippen molar-refractivity contribution in [3.05, 3.63) is 81.2 Å². The third-order valence-corrected chi connectivity index (χ3v) is 5.15. The second-order valence-electron chi connectivity index (χ2n) is 7.97. The highest BCUT2D eigenvalue weighted by molar-refractivity contribution is 5.57. The van der Waals surface area contributed by atoms with Crippen molar-refractivity contribution in [1.29, 1.82) is 5.26 Å². The van der Waals surface area contributed by atoms with Gasteiger partial charge in [-0.15, -0.1) is 0 Å². The second kappa shape index (κ2) is 13.3. The van der Waals surface area contributed by atoms with E-state index >= 15 is 0 Å². The van der Waals surface area contributed by atoms with Gasteiger partial charge in [-0.1, -0.05) is 51.8 Å². The molecule has 0 fully saturated rings. The van der Waals surface area contributed by atoms with Crippen LogP contribution < -0.4 is 10.9 Å². The lowest BCUT2D eigenvalue weighted by Gasteiger charge is -2.20. The average molecular weight is 446 g/mol. The topological polar surface area (TPSA) is 78.8 Å². The Morgan fingerprint density at radius 1 is 0.909 bits per heavy atom. The number of hydrogen-bond acceptors (Lipinski definition) is 5. The smallest absolute Gasteiger partial charge is 0.245 e. The van der Waals surface area contributed by atoms with E-state index in [1.165, 1.54) is 33.7 Å². The quantitative estimate of drug-likeness (QED) is 0.348. The van der Waals surface area contributed by atoms with Crippen LogP contribution in [0.5, 0.6) is 0 Å². The Hall–Kier alpha value is -3.23. The lowest BCUT2D eigenvalue weighted by atomic mass is 9.95. The summed E-state index contributed by atoms with van der Waals surface area (Å²) in [6, 6.07) is 13.6.